The molecule has 7 rings (SSSR count). The summed E-state index contributed by atoms with van der Waals surface area (Å²) in [5.74, 6) is -0.539. The van der Waals surface area contributed by atoms with Crippen molar-refractivity contribution in [1.82, 2.24) is 25.4 Å². The maximum absolute atomic E-state index is 14.6. The van der Waals surface area contributed by atoms with Gasteiger partial charge in [-0.05, 0) is 68.9 Å². The first-order chi connectivity index (χ1) is 27.6. The van der Waals surface area contributed by atoms with E-state index >= 15 is 0 Å². The average Bonchev–Trinajstić information content (AvgIpc) is 3.98. The third-order valence-electron chi connectivity index (χ3n) is 12.0. The highest BCUT2D eigenvalue weighted by Gasteiger charge is 2.61. The normalized spacial score (nSPS) is 28.4. The molecule has 5 aliphatic rings. The van der Waals surface area contributed by atoms with Gasteiger partial charge in [-0.3, -0.25) is 14.5 Å². The number of nitrogens with one attached hydrogen (secondary N) is 2. The zero-order chi connectivity index (χ0) is 41.5. The number of morpholine rings is 1. The Morgan fingerprint density at radius 2 is 1.81 bits per heavy atom. The van der Waals surface area contributed by atoms with E-state index in [-0.39, 0.29) is 42.5 Å². The fourth-order valence-electron chi connectivity index (χ4n) is 8.55. The number of ether oxygens (including phenoxy) is 5. The lowest BCUT2D eigenvalue weighted by Crippen LogP contribution is -2.59. The minimum atomic E-state index is -1.52. The molecule has 0 spiro atoms. The number of halogens is 1. The number of carboxylic acid groups (broad SMARTS) is 1. The summed E-state index contributed by atoms with van der Waals surface area (Å²) >= 11 is 6.95. The Balaban J connectivity index is 1.14. The molecule has 3 saturated carbocycles. The Hall–Kier alpha value is -4.34. The number of rotatable bonds is 15. The molecule has 0 radical (unpaired) electrons. The summed E-state index contributed by atoms with van der Waals surface area (Å²) in [6.07, 6.45) is 2.66. The summed E-state index contributed by atoms with van der Waals surface area (Å²) in [5.41, 5.74) is -1.92. The predicted molar refractivity (Wildman–Crippen MR) is 214 cm³/mol. The second-order valence-corrected chi connectivity index (χ2v) is 18.1. The van der Waals surface area contributed by atoms with Crippen LogP contribution in [0.3, 0.4) is 0 Å². The van der Waals surface area contributed by atoms with Crippen molar-refractivity contribution in [2.45, 2.75) is 103 Å². The van der Waals surface area contributed by atoms with Crippen LogP contribution in [0.4, 0.5) is 4.79 Å². The third kappa shape index (κ3) is 9.11. The van der Waals surface area contributed by atoms with Gasteiger partial charge in [0, 0.05) is 43.4 Å². The molecular weight excluding hydrogens is 770 g/mol. The molecule has 0 unspecified atom stereocenters. The number of hydrogen-bond donors (Lipinski definition) is 3. The smallest absolute Gasteiger partial charge is 0.408 e. The van der Waals surface area contributed by atoms with Gasteiger partial charge in [-0.25, -0.2) is 14.6 Å². The van der Waals surface area contributed by atoms with Gasteiger partial charge in [0.15, 0.2) is 0 Å². The summed E-state index contributed by atoms with van der Waals surface area (Å²) in [6.45, 7) is 17.0. The van der Waals surface area contributed by atoms with Crippen LogP contribution in [0, 0.1) is 23.2 Å². The Morgan fingerprint density at radius 3 is 2.45 bits per heavy atom. The van der Waals surface area contributed by atoms with Gasteiger partial charge in [-0.15, -0.1) is 6.58 Å². The minimum Gasteiger partial charge on any atom is -0.491 e. The zero-order valence-electron chi connectivity index (χ0n) is 34.0. The molecule has 16 heteroatoms. The quantitative estimate of drug-likeness (QED) is 0.209. The third-order valence-corrected chi connectivity index (χ3v) is 12.3. The van der Waals surface area contributed by atoms with Crippen molar-refractivity contribution in [1.29, 1.82) is 0 Å². The van der Waals surface area contributed by atoms with Crippen LogP contribution in [0.25, 0.3) is 10.9 Å². The number of nitrogens with zero attached hydrogens (tertiary/aromatic N) is 3. The van der Waals surface area contributed by atoms with Gasteiger partial charge < -0.3 is 44.3 Å². The molecule has 3 aliphatic carbocycles. The summed E-state index contributed by atoms with van der Waals surface area (Å²) in [5, 5.41) is 16.5. The summed E-state index contributed by atoms with van der Waals surface area (Å²) in [4.78, 5) is 62.8. The Kier molecular flexibility index (Phi) is 12.1. The van der Waals surface area contributed by atoms with E-state index in [0.717, 1.165) is 25.9 Å². The van der Waals surface area contributed by atoms with E-state index in [9.17, 15) is 24.3 Å². The number of carboxylic acids is 1. The van der Waals surface area contributed by atoms with Gasteiger partial charge >= 0.3 is 12.1 Å². The van der Waals surface area contributed by atoms with E-state index in [4.69, 9.17) is 40.3 Å². The molecule has 1 aromatic heterocycles. The number of carbonyl (C=O) groups excluding carboxylic acids is 3. The number of likely N-dealkylation sites (tertiary alicyclic amines) is 1. The monoisotopic (exact) mass is 825 g/mol. The number of aromatic nitrogens is 1. The first-order valence-corrected chi connectivity index (χ1v) is 20.8. The van der Waals surface area contributed by atoms with Crippen molar-refractivity contribution < 1.29 is 48.0 Å². The molecule has 2 aromatic rings. The van der Waals surface area contributed by atoms with Crippen LogP contribution in [-0.2, 0) is 23.9 Å². The number of amides is 3. The van der Waals surface area contributed by atoms with Crippen LogP contribution in [0.1, 0.15) is 66.7 Å². The molecule has 58 heavy (non-hydrogen) atoms. The van der Waals surface area contributed by atoms with Crippen molar-refractivity contribution in [3.05, 3.63) is 35.9 Å². The van der Waals surface area contributed by atoms with Crippen LogP contribution in [0.15, 0.2) is 30.9 Å². The second kappa shape index (κ2) is 16.7. The number of hydrogen-bond acceptors (Lipinski definition) is 11. The maximum atomic E-state index is 14.6. The number of aliphatic carboxylic acids is 1. The lowest BCUT2D eigenvalue weighted by molar-refractivity contribution is -0.146. The number of carbonyl (C=O) groups is 4. The molecule has 15 nitrogen and oxygen atoms in total. The number of fused-ring (bicyclic) bond motifs is 2. The average molecular weight is 826 g/mol. The molecule has 5 fully saturated rings. The van der Waals surface area contributed by atoms with Crippen molar-refractivity contribution >= 4 is 46.4 Å². The van der Waals surface area contributed by atoms with Gasteiger partial charge in [0.2, 0.25) is 17.7 Å². The van der Waals surface area contributed by atoms with Crippen LogP contribution in [0.5, 0.6) is 17.4 Å². The highest BCUT2D eigenvalue weighted by Crippen LogP contribution is 2.52. The van der Waals surface area contributed by atoms with E-state index in [1.165, 1.54) is 17.4 Å². The molecule has 3 amide bonds. The summed E-state index contributed by atoms with van der Waals surface area (Å²) in [7, 11) is 0. The number of alkyl carbamates (subject to hydrolysis) is 1. The van der Waals surface area contributed by atoms with E-state index < -0.39 is 58.9 Å². The fourth-order valence-corrected chi connectivity index (χ4v) is 8.81. The standard InChI is InChI=1S/C42H56ClN5O10/c1-7-26-21-42(26,39(51)52)46-37(49)30-19-28(22-48(30)38(50)36(41(4,5)6)45-40(53)58-27-17-24-16-25(24)18-27)57-32-20-33(56-23(2)3)44-35-29(32)8-9-31(34(35)43)55-15-12-47-10-13-54-14-11-47/h7-9,20,23-28,30,36H,1,10-19,21-22H2,2-6H3,(H,45,53)(H,46,49)(H,51,52)/t24-,25+,26-,27+,28-,30+,36-,42-/m1/s1. The molecule has 3 N–H and O–H groups in total. The lowest BCUT2D eigenvalue weighted by atomic mass is 9.85. The van der Waals surface area contributed by atoms with E-state index in [1.807, 2.05) is 34.6 Å². The number of benzene rings is 1. The molecule has 2 saturated heterocycles. The Bertz CT molecular complexity index is 1910. The van der Waals surface area contributed by atoms with E-state index in [0.29, 0.717) is 60.6 Å². The molecule has 8 atom stereocenters. The highest BCUT2D eigenvalue weighted by molar-refractivity contribution is 6.36. The minimum absolute atomic E-state index is 0.0266. The molecule has 3 heterocycles. The van der Waals surface area contributed by atoms with Crippen molar-refractivity contribution in [3.63, 3.8) is 0 Å². The van der Waals surface area contributed by atoms with Crippen LogP contribution in [0.2, 0.25) is 5.02 Å². The molecule has 316 valence electrons. The zero-order valence-corrected chi connectivity index (χ0v) is 34.7. The first-order valence-electron chi connectivity index (χ1n) is 20.4. The van der Waals surface area contributed by atoms with Crippen molar-refractivity contribution in [3.8, 4) is 17.4 Å². The number of pyridine rings is 1. The molecule has 2 aliphatic heterocycles. The molecule has 0 bridgehead atoms. The largest absolute Gasteiger partial charge is 0.491 e. The predicted octanol–water partition coefficient (Wildman–Crippen LogP) is 4.82. The van der Waals surface area contributed by atoms with Gasteiger partial charge in [0.25, 0.3) is 0 Å². The second-order valence-electron chi connectivity index (χ2n) is 17.7. The Morgan fingerprint density at radius 1 is 1.09 bits per heavy atom. The van der Waals surface area contributed by atoms with Gasteiger partial charge in [0.1, 0.15) is 58.5 Å². The lowest BCUT2D eigenvalue weighted by Gasteiger charge is -2.35. The fraction of sp³-hybridized carbons (Fsp3) is 0.643. The van der Waals surface area contributed by atoms with Crippen LogP contribution >= 0.6 is 11.6 Å². The van der Waals surface area contributed by atoms with Gasteiger partial charge in [-0.2, -0.15) is 0 Å². The summed E-state index contributed by atoms with van der Waals surface area (Å²) in [6, 6.07) is 3.00. The van der Waals surface area contributed by atoms with Crippen molar-refractivity contribution in [2.75, 3.05) is 46.0 Å². The van der Waals surface area contributed by atoms with Crippen LogP contribution in [-0.4, -0.2) is 126 Å². The highest BCUT2D eigenvalue weighted by atomic mass is 35.5. The van der Waals surface area contributed by atoms with Crippen molar-refractivity contribution in [2.24, 2.45) is 23.2 Å². The van der Waals surface area contributed by atoms with E-state index in [2.05, 4.69) is 22.1 Å². The van der Waals surface area contributed by atoms with Gasteiger partial charge in [0.05, 0.1) is 25.9 Å². The van der Waals surface area contributed by atoms with Crippen LogP contribution < -0.4 is 24.8 Å². The summed E-state index contributed by atoms with van der Waals surface area (Å²) < 4.78 is 30.0. The molecule has 1 aromatic carbocycles. The van der Waals surface area contributed by atoms with E-state index in [1.54, 1.807) is 18.2 Å². The van der Waals surface area contributed by atoms with Gasteiger partial charge in [-0.1, -0.05) is 38.4 Å². The maximum Gasteiger partial charge on any atom is 0.408 e. The Labute approximate surface area is 344 Å². The molecular formula is C42H56ClN5O10. The first kappa shape index (κ1) is 41.8. The SMILES string of the molecule is C=C[C@@H]1C[C@]1(NC(=O)[C@@H]1C[C@@H](Oc2cc(OC(C)C)nc3c(Cl)c(OCCN4CCOCC4)ccc23)CN1C(=O)[C@@H](NC(=O)O[C@@H]1C[C@@H]2C[C@@H]2C1)C(C)(C)C)C(=O)O. The topological polar surface area (TPSA) is 178 Å².